The van der Waals surface area contributed by atoms with Crippen molar-refractivity contribution in [2.24, 2.45) is 5.92 Å². The second-order valence-electron chi connectivity index (χ2n) is 5.02. The molecule has 0 saturated heterocycles. The van der Waals surface area contributed by atoms with Crippen molar-refractivity contribution in [3.63, 3.8) is 0 Å². The predicted octanol–water partition coefficient (Wildman–Crippen LogP) is 1.82. The molecule has 0 aromatic rings. The highest BCUT2D eigenvalue weighted by molar-refractivity contribution is 4.85. The van der Waals surface area contributed by atoms with Crippen LogP contribution in [0.1, 0.15) is 33.1 Å². The lowest BCUT2D eigenvalue weighted by atomic mass is 10.1. The van der Waals surface area contributed by atoms with Crippen LogP contribution in [0, 0.1) is 5.92 Å². The summed E-state index contributed by atoms with van der Waals surface area (Å²) >= 11 is 0. The quantitative estimate of drug-likeness (QED) is 0.626. The first kappa shape index (κ1) is 12.9. The minimum absolute atomic E-state index is 0.0608. The SMILES string of the molecule is CNC(COCCC(C)(C)OC)C1CC1. The van der Waals surface area contributed by atoms with Gasteiger partial charge in [0, 0.05) is 19.8 Å². The normalized spacial score (nSPS) is 19.2. The predicted molar refractivity (Wildman–Crippen MR) is 62.1 cm³/mol. The molecule has 1 rings (SSSR count). The van der Waals surface area contributed by atoms with Crippen LogP contribution in [0.5, 0.6) is 0 Å². The summed E-state index contributed by atoms with van der Waals surface area (Å²) in [4.78, 5) is 0. The van der Waals surface area contributed by atoms with Crippen molar-refractivity contribution in [1.82, 2.24) is 5.32 Å². The first-order valence-corrected chi connectivity index (χ1v) is 5.89. The number of rotatable bonds is 8. The highest BCUT2D eigenvalue weighted by Gasteiger charge is 2.30. The molecule has 3 heteroatoms. The number of nitrogens with one attached hydrogen (secondary N) is 1. The topological polar surface area (TPSA) is 30.5 Å². The molecule has 0 aliphatic heterocycles. The van der Waals surface area contributed by atoms with Gasteiger partial charge in [-0.15, -0.1) is 0 Å². The van der Waals surface area contributed by atoms with Crippen molar-refractivity contribution >= 4 is 0 Å². The van der Waals surface area contributed by atoms with Crippen molar-refractivity contribution in [3.8, 4) is 0 Å². The fourth-order valence-corrected chi connectivity index (χ4v) is 1.58. The molecule has 90 valence electrons. The van der Waals surface area contributed by atoms with Crippen LogP contribution in [0.3, 0.4) is 0 Å². The van der Waals surface area contributed by atoms with Crippen LogP contribution in [-0.4, -0.2) is 39.0 Å². The van der Waals surface area contributed by atoms with Crippen molar-refractivity contribution in [2.75, 3.05) is 27.4 Å². The molecule has 0 aromatic carbocycles. The van der Waals surface area contributed by atoms with Crippen LogP contribution < -0.4 is 5.32 Å². The molecular formula is C12H25NO2. The van der Waals surface area contributed by atoms with E-state index in [1.165, 1.54) is 12.8 Å². The molecule has 3 nitrogen and oxygen atoms in total. The van der Waals surface area contributed by atoms with E-state index in [1.807, 2.05) is 7.05 Å². The van der Waals surface area contributed by atoms with Crippen LogP contribution in [0.4, 0.5) is 0 Å². The highest BCUT2D eigenvalue weighted by Crippen LogP contribution is 2.32. The number of ether oxygens (including phenoxy) is 2. The Hall–Kier alpha value is -0.120. The second kappa shape index (κ2) is 5.83. The van der Waals surface area contributed by atoms with Gasteiger partial charge in [0.25, 0.3) is 0 Å². The summed E-state index contributed by atoms with van der Waals surface area (Å²) in [5.41, 5.74) is -0.0608. The molecule has 0 radical (unpaired) electrons. The molecule has 1 atom stereocenters. The number of hydrogen-bond acceptors (Lipinski definition) is 3. The molecule has 1 aliphatic rings. The molecule has 0 amide bonds. The molecule has 1 saturated carbocycles. The number of hydrogen-bond donors (Lipinski definition) is 1. The Balaban J connectivity index is 2.05. The maximum atomic E-state index is 5.68. The molecule has 0 aromatic heterocycles. The fourth-order valence-electron chi connectivity index (χ4n) is 1.58. The summed E-state index contributed by atoms with van der Waals surface area (Å²) in [7, 11) is 3.77. The van der Waals surface area contributed by atoms with Crippen molar-refractivity contribution in [2.45, 2.75) is 44.8 Å². The Bertz CT molecular complexity index is 178. The number of methoxy groups -OCH3 is 1. The molecule has 0 spiro atoms. The van der Waals surface area contributed by atoms with Crippen molar-refractivity contribution in [1.29, 1.82) is 0 Å². The summed E-state index contributed by atoms with van der Waals surface area (Å²) in [6.45, 7) is 5.80. The van der Waals surface area contributed by atoms with E-state index in [0.717, 1.165) is 25.6 Å². The lowest BCUT2D eigenvalue weighted by molar-refractivity contribution is -0.0127. The molecule has 1 N–H and O–H groups in total. The average Bonchev–Trinajstić information content (AvgIpc) is 3.02. The first-order valence-electron chi connectivity index (χ1n) is 5.89. The smallest absolute Gasteiger partial charge is 0.0644 e. The maximum absolute atomic E-state index is 5.68. The van der Waals surface area contributed by atoms with Gasteiger partial charge in [-0.25, -0.2) is 0 Å². The van der Waals surface area contributed by atoms with Crippen molar-refractivity contribution < 1.29 is 9.47 Å². The fraction of sp³-hybridized carbons (Fsp3) is 1.00. The van der Waals surface area contributed by atoms with Gasteiger partial charge in [-0.05, 0) is 46.1 Å². The van der Waals surface area contributed by atoms with Gasteiger partial charge in [-0.2, -0.15) is 0 Å². The van der Waals surface area contributed by atoms with Gasteiger partial charge in [0.1, 0.15) is 0 Å². The lowest BCUT2D eigenvalue weighted by Gasteiger charge is -2.23. The van der Waals surface area contributed by atoms with E-state index >= 15 is 0 Å². The maximum Gasteiger partial charge on any atom is 0.0644 e. The van der Waals surface area contributed by atoms with Crippen LogP contribution in [-0.2, 0) is 9.47 Å². The highest BCUT2D eigenvalue weighted by atomic mass is 16.5. The Morgan fingerprint density at radius 3 is 2.53 bits per heavy atom. The number of likely N-dealkylation sites (N-methyl/N-ethyl adjacent to an activating group) is 1. The zero-order chi connectivity index (χ0) is 11.3. The van der Waals surface area contributed by atoms with E-state index in [9.17, 15) is 0 Å². The minimum atomic E-state index is -0.0608. The Morgan fingerprint density at radius 1 is 1.40 bits per heavy atom. The average molecular weight is 215 g/mol. The van der Waals surface area contributed by atoms with E-state index in [4.69, 9.17) is 9.47 Å². The van der Waals surface area contributed by atoms with Gasteiger partial charge >= 0.3 is 0 Å². The molecule has 0 heterocycles. The Labute approximate surface area is 93.5 Å². The Morgan fingerprint density at radius 2 is 2.07 bits per heavy atom. The molecule has 1 fully saturated rings. The summed E-state index contributed by atoms with van der Waals surface area (Å²) in [5.74, 6) is 0.852. The molecule has 1 unspecified atom stereocenters. The standard InChI is InChI=1S/C12H25NO2/c1-12(2,14-4)7-8-15-9-11(13-3)10-5-6-10/h10-11,13H,5-9H2,1-4H3. The second-order valence-corrected chi connectivity index (χ2v) is 5.02. The zero-order valence-electron chi connectivity index (χ0n) is 10.5. The van der Waals surface area contributed by atoms with Gasteiger partial charge in [-0.1, -0.05) is 0 Å². The summed E-state index contributed by atoms with van der Waals surface area (Å²) in [6, 6.07) is 0.552. The van der Waals surface area contributed by atoms with E-state index in [0.29, 0.717) is 6.04 Å². The van der Waals surface area contributed by atoms with Gasteiger partial charge in [-0.3, -0.25) is 0 Å². The van der Waals surface area contributed by atoms with Crippen LogP contribution in [0.25, 0.3) is 0 Å². The summed E-state index contributed by atoms with van der Waals surface area (Å²) in [5, 5.41) is 3.32. The van der Waals surface area contributed by atoms with Crippen LogP contribution in [0.2, 0.25) is 0 Å². The summed E-state index contributed by atoms with van der Waals surface area (Å²) in [6.07, 6.45) is 3.67. The molecule has 0 bridgehead atoms. The third kappa shape index (κ3) is 4.96. The van der Waals surface area contributed by atoms with Crippen molar-refractivity contribution in [3.05, 3.63) is 0 Å². The van der Waals surface area contributed by atoms with E-state index in [-0.39, 0.29) is 5.60 Å². The molecule has 1 aliphatic carbocycles. The lowest BCUT2D eigenvalue weighted by Crippen LogP contribution is -2.33. The van der Waals surface area contributed by atoms with Gasteiger partial charge in [0.15, 0.2) is 0 Å². The van der Waals surface area contributed by atoms with Gasteiger partial charge in [0.05, 0.1) is 12.2 Å². The third-order valence-electron chi connectivity index (χ3n) is 3.26. The first-order chi connectivity index (χ1) is 7.09. The van der Waals surface area contributed by atoms with Crippen LogP contribution >= 0.6 is 0 Å². The minimum Gasteiger partial charge on any atom is -0.380 e. The van der Waals surface area contributed by atoms with E-state index in [1.54, 1.807) is 7.11 Å². The molecule has 15 heavy (non-hydrogen) atoms. The monoisotopic (exact) mass is 215 g/mol. The summed E-state index contributed by atoms with van der Waals surface area (Å²) < 4.78 is 11.0. The largest absolute Gasteiger partial charge is 0.380 e. The van der Waals surface area contributed by atoms with E-state index in [2.05, 4.69) is 19.2 Å². The Kier molecular flexibility index (Phi) is 5.03. The molecular weight excluding hydrogens is 190 g/mol. The van der Waals surface area contributed by atoms with Gasteiger partial charge in [0.2, 0.25) is 0 Å². The zero-order valence-corrected chi connectivity index (χ0v) is 10.5. The third-order valence-corrected chi connectivity index (χ3v) is 3.26. The van der Waals surface area contributed by atoms with Gasteiger partial charge < -0.3 is 14.8 Å². The van der Waals surface area contributed by atoms with Crippen LogP contribution in [0.15, 0.2) is 0 Å². The van der Waals surface area contributed by atoms with E-state index < -0.39 is 0 Å².